The molecule has 0 rings (SSSR count). The van der Waals surface area contributed by atoms with Crippen LogP contribution in [-0.4, -0.2) is 24.5 Å². The van der Waals surface area contributed by atoms with Gasteiger partial charge in [0, 0.05) is 6.04 Å². The maximum atomic E-state index is 2.43. The Balaban J connectivity index is 3.86. The van der Waals surface area contributed by atoms with Crippen LogP contribution in [0.4, 0.5) is 0 Å². The van der Waals surface area contributed by atoms with Crippen molar-refractivity contribution >= 4 is 0 Å². The van der Waals surface area contributed by atoms with Crippen molar-refractivity contribution < 1.29 is 0 Å². The molecule has 1 atom stereocenters. The smallest absolute Gasteiger partial charge is 0.00918 e. The number of hydrogen-bond donors (Lipinski definition) is 0. The van der Waals surface area contributed by atoms with Gasteiger partial charge in [-0.3, -0.25) is 0 Å². The van der Waals surface area contributed by atoms with Crippen molar-refractivity contribution in [1.29, 1.82) is 0 Å². The van der Waals surface area contributed by atoms with Crippen LogP contribution in [0, 0.1) is 5.92 Å². The van der Waals surface area contributed by atoms with E-state index in [1.54, 1.807) is 0 Å². The summed E-state index contributed by atoms with van der Waals surface area (Å²) in [5.74, 6) is 0.875. The first-order chi connectivity index (χ1) is 5.17. The highest BCUT2D eigenvalue weighted by molar-refractivity contribution is 4.70. The van der Waals surface area contributed by atoms with Crippen LogP contribution in [0.3, 0.4) is 0 Å². The summed E-state index contributed by atoms with van der Waals surface area (Å²) in [6.07, 6.45) is 2.62. The third kappa shape index (κ3) is 3.24. The molecule has 11 heavy (non-hydrogen) atoms. The Morgan fingerprint density at radius 2 is 1.55 bits per heavy atom. The van der Waals surface area contributed by atoms with Gasteiger partial charge in [-0.2, -0.15) is 0 Å². The van der Waals surface area contributed by atoms with Crippen LogP contribution in [0.15, 0.2) is 0 Å². The zero-order chi connectivity index (χ0) is 8.85. The van der Waals surface area contributed by atoms with Crippen molar-refractivity contribution in [2.45, 2.75) is 46.6 Å². The van der Waals surface area contributed by atoms with Crippen molar-refractivity contribution in [3.8, 4) is 0 Å². The molecule has 1 unspecified atom stereocenters. The second-order valence-corrected chi connectivity index (χ2v) is 3.39. The molecule has 0 amide bonds. The number of hydrogen-bond acceptors (Lipinski definition) is 1. The lowest BCUT2D eigenvalue weighted by Crippen LogP contribution is -2.34. The summed E-state index contributed by atoms with van der Waals surface area (Å²) in [4.78, 5) is 2.43. The molecule has 0 saturated heterocycles. The van der Waals surface area contributed by atoms with Crippen LogP contribution in [0.5, 0.6) is 0 Å². The molecule has 0 aromatic rings. The molecule has 0 radical (unpaired) electrons. The van der Waals surface area contributed by atoms with Crippen LogP contribution in [0.25, 0.3) is 0 Å². The minimum Gasteiger partial charge on any atom is -0.304 e. The van der Waals surface area contributed by atoms with E-state index in [0.717, 1.165) is 18.5 Å². The van der Waals surface area contributed by atoms with Gasteiger partial charge in [0.1, 0.15) is 0 Å². The zero-order valence-electron chi connectivity index (χ0n) is 8.72. The predicted octanol–water partition coefficient (Wildman–Crippen LogP) is 2.76. The Labute approximate surface area is 71.8 Å². The van der Waals surface area contributed by atoms with Gasteiger partial charge in [-0.25, -0.2) is 0 Å². The van der Waals surface area contributed by atoms with Crippen molar-refractivity contribution in [3.05, 3.63) is 0 Å². The maximum absolute atomic E-state index is 2.43. The highest BCUT2D eigenvalue weighted by Gasteiger charge is 2.15. The summed E-state index contributed by atoms with van der Waals surface area (Å²) >= 11 is 0. The minimum atomic E-state index is 0.745. The van der Waals surface area contributed by atoms with Gasteiger partial charge in [0.25, 0.3) is 0 Å². The molecule has 1 heteroatoms. The molecule has 0 spiro atoms. The van der Waals surface area contributed by atoms with Crippen LogP contribution in [0.2, 0.25) is 0 Å². The summed E-state index contributed by atoms with van der Waals surface area (Å²) < 4.78 is 0. The quantitative estimate of drug-likeness (QED) is 0.593. The summed E-state index contributed by atoms with van der Waals surface area (Å²) in [5, 5.41) is 0. The molecule has 68 valence electrons. The first kappa shape index (κ1) is 11.0. The lowest BCUT2D eigenvalue weighted by atomic mass is 9.95. The molecule has 0 fully saturated rings. The standard InChI is InChI=1S/C10H23N/c1-6-10(7-2)9(4)11(5)8-3/h9-10H,6-8H2,1-5H3. The van der Waals surface area contributed by atoms with Crippen LogP contribution in [0.1, 0.15) is 40.5 Å². The second-order valence-electron chi connectivity index (χ2n) is 3.39. The van der Waals surface area contributed by atoms with E-state index in [9.17, 15) is 0 Å². The Morgan fingerprint density at radius 3 is 1.82 bits per heavy atom. The van der Waals surface area contributed by atoms with Gasteiger partial charge in [0.05, 0.1) is 0 Å². The van der Waals surface area contributed by atoms with Crippen LogP contribution in [-0.2, 0) is 0 Å². The molecule has 0 saturated carbocycles. The van der Waals surface area contributed by atoms with Crippen molar-refractivity contribution in [2.75, 3.05) is 13.6 Å². The SMILES string of the molecule is CCC(CC)C(C)N(C)CC. The van der Waals surface area contributed by atoms with E-state index in [1.807, 2.05) is 0 Å². The van der Waals surface area contributed by atoms with Crippen LogP contribution >= 0.6 is 0 Å². The van der Waals surface area contributed by atoms with Crippen molar-refractivity contribution in [1.82, 2.24) is 4.90 Å². The lowest BCUT2D eigenvalue weighted by molar-refractivity contribution is 0.190. The van der Waals surface area contributed by atoms with E-state index < -0.39 is 0 Å². The Morgan fingerprint density at radius 1 is 1.09 bits per heavy atom. The summed E-state index contributed by atoms with van der Waals surface area (Å²) in [6.45, 7) is 10.3. The van der Waals surface area contributed by atoms with Gasteiger partial charge in [-0.15, -0.1) is 0 Å². The number of nitrogens with zero attached hydrogens (tertiary/aromatic N) is 1. The monoisotopic (exact) mass is 157 g/mol. The summed E-state index contributed by atoms with van der Waals surface area (Å²) in [5.41, 5.74) is 0. The Bertz CT molecular complexity index is 86.9. The van der Waals surface area contributed by atoms with Gasteiger partial charge < -0.3 is 4.90 Å². The molecule has 0 heterocycles. The predicted molar refractivity (Wildman–Crippen MR) is 51.8 cm³/mol. The van der Waals surface area contributed by atoms with E-state index in [0.29, 0.717) is 0 Å². The van der Waals surface area contributed by atoms with Gasteiger partial charge in [0.2, 0.25) is 0 Å². The normalized spacial score (nSPS) is 14.5. The van der Waals surface area contributed by atoms with Crippen LogP contribution < -0.4 is 0 Å². The maximum Gasteiger partial charge on any atom is 0.00918 e. The third-order valence-corrected chi connectivity index (χ3v) is 2.93. The van der Waals surface area contributed by atoms with E-state index >= 15 is 0 Å². The van der Waals surface area contributed by atoms with Gasteiger partial charge >= 0.3 is 0 Å². The summed E-state index contributed by atoms with van der Waals surface area (Å²) in [6, 6.07) is 0.745. The molecule has 0 N–H and O–H groups in total. The minimum absolute atomic E-state index is 0.745. The molecule has 0 bridgehead atoms. The molecule has 0 aliphatic carbocycles. The van der Waals surface area contributed by atoms with E-state index in [-0.39, 0.29) is 0 Å². The third-order valence-electron chi connectivity index (χ3n) is 2.93. The second kappa shape index (κ2) is 5.59. The molecular weight excluding hydrogens is 134 g/mol. The molecule has 0 aliphatic rings. The zero-order valence-corrected chi connectivity index (χ0v) is 8.72. The summed E-state index contributed by atoms with van der Waals surface area (Å²) in [7, 11) is 2.21. The van der Waals surface area contributed by atoms with Gasteiger partial charge in [0.15, 0.2) is 0 Å². The average molecular weight is 157 g/mol. The number of rotatable bonds is 5. The van der Waals surface area contributed by atoms with Gasteiger partial charge in [-0.05, 0) is 26.4 Å². The fourth-order valence-corrected chi connectivity index (χ4v) is 1.62. The van der Waals surface area contributed by atoms with Crippen molar-refractivity contribution in [3.63, 3.8) is 0 Å². The highest BCUT2D eigenvalue weighted by Crippen LogP contribution is 2.16. The topological polar surface area (TPSA) is 3.24 Å². The first-order valence-electron chi connectivity index (χ1n) is 4.87. The molecule has 0 aliphatic heterocycles. The largest absolute Gasteiger partial charge is 0.304 e. The molecule has 0 aromatic carbocycles. The fourth-order valence-electron chi connectivity index (χ4n) is 1.62. The Kier molecular flexibility index (Phi) is 5.57. The Hall–Kier alpha value is -0.0400. The first-order valence-corrected chi connectivity index (χ1v) is 4.87. The molecule has 1 nitrogen and oxygen atoms in total. The van der Waals surface area contributed by atoms with Gasteiger partial charge in [-0.1, -0.05) is 33.6 Å². The highest BCUT2D eigenvalue weighted by atomic mass is 15.1. The lowest BCUT2D eigenvalue weighted by Gasteiger charge is -2.29. The molecular formula is C10H23N. The average Bonchev–Trinajstić information content (AvgIpc) is 2.05. The van der Waals surface area contributed by atoms with E-state index in [4.69, 9.17) is 0 Å². The van der Waals surface area contributed by atoms with Crippen molar-refractivity contribution in [2.24, 2.45) is 5.92 Å². The molecule has 0 aromatic heterocycles. The van der Waals surface area contributed by atoms with E-state index in [2.05, 4.69) is 39.6 Å². The fraction of sp³-hybridized carbons (Fsp3) is 1.00. The van der Waals surface area contributed by atoms with E-state index in [1.165, 1.54) is 12.8 Å².